The van der Waals surface area contributed by atoms with Gasteiger partial charge in [-0.15, -0.1) is 21.8 Å². The Morgan fingerprint density at radius 3 is 2.69 bits per heavy atom. The maximum absolute atomic E-state index is 5.78. The minimum absolute atomic E-state index is 0.188. The number of nitrogens with zero attached hydrogens (tertiary/aromatic N) is 2. The predicted molar refractivity (Wildman–Crippen MR) is 51.8 cm³/mol. The van der Waals surface area contributed by atoms with E-state index in [-0.39, 0.29) is 5.38 Å². The first-order valence-corrected chi connectivity index (χ1v) is 5.14. The van der Waals surface area contributed by atoms with Crippen LogP contribution in [0.25, 0.3) is 0 Å². The van der Waals surface area contributed by atoms with E-state index in [0.29, 0.717) is 11.8 Å². The average molecular weight is 203 g/mol. The van der Waals surface area contributed by atoms with Gasteiger partial charge in [0.2, 0.25) is 11.8 Å². The fourth-order valence-electron chi connectivity index (χ4n) is 1.05. The largest absolute Gasteiger partial charge is 0.424 e. The molecule has 1 aromatic heterocycles. The molecule has 0 bridgehead atoms. The summed E-state index contributed by atoms with van der Waals surface area (Å²) in [7, 11) is 0. The SMILES string of the molecule is CCCCCc1nnc(C(C)Cl)o1. The van der Waals surface area contributed by atoms with Gasteiger partial charge >= 0.3 is 0 Å². The highest BCUT2D eigenvalue weighted by Gasteiger charge is 2.10. The standard InChI is InChI=1S/C9H15ClN2O/c1-3-4-5-6-8-11-12-9(13-8)7(2)10/h7H,3-6H2,1-2H3. The van der Waals surface area contributed by atoms with Gasteiger partial charge in [-0.2, -0.15) is 0 Å². The van der Waals surface area contributed by atoms with Crippen molar-refractivity contribution in [2.45, 2.75) is 44.9 Å². The molecule has 0 radical (unpaired) electrons. The van der Waals surface area contributed by atoms with Crippen LogP contribution in [0.15, 0.2) is 4.42 Å². The number of halogens is 1. The van der Waals surface area contributed by atoms with Crippen molar-refractivity contribution in [3.8, 4) is 0 Å². The second kappa shape index (κ2) is 5.22. The highest BCUT2D eigenvalue weighted by atomic mass is 35.5. The first-order valence-electron chi connectivity index (χ1n) is 4.70. The van der Waals surface area contributed by atoms with Crippen LogP contribution in [0.5, 0.6) is 0 Å². The zero-order chi connectivity index (χ0) is 9.68. The molecule has 3 nitrogen and oxygen atoms in total. The zero-order valence-electron chi connectivity index (χ0n) is 8.09. The number of aryl methyl sites for hydroxylation is 1. The van der Waals surface area contributed by atoms with E-state index in [1.165, 1.54) is 12.8 Å². The van der Waals surface area contributed by atoms with Crippen LogP contribution in [-0.4, -0.2) is 10.2 Å². The van der Waals surface area contributed by atoms with Crippen LogP contribution in [0.1, 0.15) is 50.3 Å². The van der Waals surface area contributed by atoms with Crippen molar-refractivity contribution in [1.29, 1.82) is 0 Å². The number of aromatic nitrogens is 2. The van der Waals surface area contributed by atoms with Gasteiger partial charge in [-0.3, -0.25) is 0 Å². The lowest BCUT2D eigenvalue weighted by Gasteiger charge is -1.94. The second-order valence-electron chi connectivity index (χ2n) is 3.11. The number of alkyl halides is 1. The van der Waals surface area contributed by atoms with Crippen molar-refractivity contribution in [3.63, 3.8) is 0 Å². The Hall–Kier alpha value is -0.570. The molecule has 0 aliphatic heterocycles. The molecule has 0 aromatic carbocycles. The minimum atomic E-state index is -0.188. The summed E-state index contributed by atoms with van der Waals surface area (Å²) in [6.45, 7) is 3.99. The van der Waals surface area contributed by atoms with E-state index in [1.807, 2.05) is 6.92 Å². The Morgan fingerprint density at radius 2 is 2.15 bits per heavy atom. The summed E-state index contributed by atoms with van der Waals surface area (Å²) < 4.78 is 5.34. The summed E-state index contributed by atoms with van der Waals surface area (Å²) in [4.78, 5) is 0. The van der Waals surface area contributed by atoms with Gasteiger partial charge < -0.3 is 4.42 Å². The molecule has 0 spiro atoms. The van der Waals surface area contributed by atoms with Crippen molar-refractivity contribution in [1.82, 2.24) is 10.2 Å². The van der Waals surface area contributed by atoms with Gasteiger partial charge in [0.25, 0.3) is 0 Å². The molecule has 0 aliphatic carbocycles. The van der Waals surface area contributed by atoms with Gasteiger partial charge in [-0.1, -0.05) is 19.8 Å². The van der Waals surface area contributed by atoms with E-state index < -0.39 is 0 Å². The molecule has 1 rings (SSSR count). The molecule has 74 valence electrons. The summed E-state index contributed by atoms with van der Waals surface area (Å²) in [6, 6.07) is 0. The number of hydrogen-bond donors (Lipinski definition) is 0. The number of rotatable bonds is 5. The van der Waals surface area contributed by atoms with Crippen LogP contribution in [0.4, 0.5) is 0 Å². The molecule has 0 amide bonds. The number of unbranched alkanes of at least 4 members (excludes halogenated alkanes) is 2. The molecule has 1 atom stereocenters. The Labute approximate surface area is 83.5 Å². The van der Waals surface area contributed by atoms with Crippen molar-refractivity contribution in [3.05, 3.63) is 11.8 Å². The summed E-state index contributed by atoms with van der Waals surface area (Å²) in [5, 5.41) is 7.57. The third-order valence-corrected chi connectivity index (χ3v) is 2.00. The van der Waals surface area contributed by atoms with Crippen LogP contribution in [0, 0.1) is 0 Å². The summed E-state index contributed by atoms with van der Waals surface area (Å²) in [5.41, 5.74) is 0. The van der Waals surface area contributed by atoms with E-state index in [4.69, 9.17) is 16.0 Å². The molecular weight excluding hydrogens is 188 g/mol. The van der Waals surface area contributed by atoms with Crippen LogP contribution in [0.2, 0.25) is 0 Å². The van der Waals surface area contributed by atoms with Gasteiger partial charge in [-0.25, -0.2) is 0 Å². The second-order valence-corrected chi connectivity index (χ2v) is 3.76. The average Bonchev–Trinajstić information content (AvgIpc) is 2.53. The molecule has 1 unspecified atom stereocenters. The summed E-state index contributed by atoms with van der Waals surface area (Å²) in [6.07, 6.45) is 4.38. The van der Waals surface area contributed by atoms with Gasteiger partial charge in [0.05, 0.1) is 0 Å². The predicted octanol–water partition coefficient (Wildman–Crippen LogP) is 3.10. The maximum Gasteiger partial charge on any atom is 0.234 e. The summed E-state index contributed by atoms with van der Waals surface area (Å²) >= 11 is 5.78. The lowest BCUT2D eigenvalue weighted by Crippen LogP contribution is -1.84. The fourth-order valence-corrected chi connectivity index (χ4v) is 1.14. The Balaban J connectivity index is 2.40. The van der Waals surface area contributed by atoms with Gasteiger partial charge in [0.15, 0.2) is 0 Å². The molecule has 0 fully saturated rings. The highest BCUT2D eigenvalue weighted by molar-refractivity contribution is 6.20. The third kappa shape index (κ3) is 3.35. The van der Waals surface area contributed by atoms with Crippen molar-refractivity contribution in [2.75, 3.05) is 0 Å². The van der Waals surface area contributed by atoms with E-state index in [1.54, 1.807) is 0 Å². The maximum atomic E-state index is 5.78. The van der Waals surface area contributed by atoms with Crippen LogP contribution < -0.4 is 0 Å². The van der Waals surface area contributed by atoms with Crippen molar-refractivity contribution >= 4 is 11.6 Å². The van der Waals surface area contributed by atoms with Crippen LogP contribution in [-0.2, 0) is 6.42 Å². The van der Waals surface area contributed by atoms with Crippen LogP contribution in [0.3, 0.4) is 0 Å². The molecule has 1 aromatic rings. The van der Waals surface area contributed by atoms with E-state index in [2.05, 4.69) is 17.1 Å². The molecular formula is C9H15ClN2O. The fraction of sp³-hybridized carbons (Fsp3) is 0.778. The highest BCUT2D eigenvalue weighted by Crippen LogP contribution is 2.17. The number of hydrogen-bond acceptors (Lipinski definition) is 3. The molecule has 0 N–H and O–H groups in total. The van der Waals surface area contributed by atoms with E-state index in [9.17, 15) is 0 Å². The van der Waals surface area contributed by atoms with Gasteiger partial charge in [0, 0.05) is 6.42 Å². The smallest absolute Gasteiger partial charge is 0.234 e. The Morgan fingerprint density at radius 1 is 1.38 bits per heavy atom. The first-order chi connectivity index (χ1) is 6.24. The molecule has 0 aliphatic rings. The third-order valence-electron chi connectivity index (χ3n) is 1.82. The van der Waals surface area contributed by atoms with Gasteiger partial charge in [-0.05, 0) is 13.3 Å². The topological polar surface area (TPSA) is 38.9 Å². The molecule has 13 heavy (non-hydrogen) atoms. The molecule has 0 saturated carbocycles. The van der Waals surface area contributed by atoms with Crippen molar-refractivity contribution in [2.24, 2.45) is 0 Å². The minimum Gasteiger partial charge on any atom is -0.424 e. The molecule has 4 heteroatoms. The van der Waals surface area contributed by atoms with E-state index >= 15 is 0 Å². The van der Waals surface area contributed by atoms with Gasteiger partial charge in [0.1, 0.15) is 5.38 Å². The normalized spacial score (nSPS) is 13.2. The Kier molecular flexibility index (Phi) is 4.22. The van der Waals surface area contributed by atoms with E-state index in [0.717, 1.165) is 12.8 Å². The van der Waals surface area contributed by atoms with Crippen LogP contribution >= 0.6 is 11.6 Å². The monoisotopic (exact) mass is 202 g/mol. The summed E-state index contributed by atoms with van der Waals surface area (Å²) in [5.74, 6) is 1.23. The Bertz CT molecular complexity index is 248. The lowest BCUT2D eigenvalue weighted by molar-refractivity contribution is 0.442. The van der Waals surface area contributed by atoms with Crippen molar-refractivity contribution < 1.29 is 4.42 Å². The first kappa shape index (κ1) is 10.5. The molecule has 0 saturated heterocycles. The molecule has 1 heterocycles. The lowest BCUT2D eigenvalue weighted by atomic mass is 10.2. The zero-order valence-corrected chi connectivity index (χ0v) is 8.84. The quantitative estimate of drug-likeness (QED) is 0.544.